The zero-order chi connectivity index (χ0) is 15.1. The van der Waals surface area contributed by atoms with E-state index in [-0.39, 0.29) is 6.42 Å². The molecule has 106 valence electrons. The van der Waals surface area contributed by atoms with Crippen LogP contribution in [0.25, 0.3) is 32.3 Å². The molecule has 0 aliphatic carbocycles. The molecule has 0 amide bonds. The molecule has 0 saturated carbocycles. The van der Waals surface area contributed by atoms with E-state index in [1.165, 1.54) is 21.5 Å². The topological polar surface area (TPSA) is 37.3 Å². The maximum absolute atomic E-state index is 10.9. The summed E-state index contributed by atoms with van der Waals surface area (Å²) in [6.45, 7) is 0. The molecular weight excluding hydrogens is 272 g/mol. The Kier molecular flexibility index (Phi) is 2.83. The van der Waals surface area contributed by atoms with E-state index in [9.17, 15) is 4.79 Å². The predicted molar refractivity (Wildman–Crippen MR) is 90.3 cm³/mol. The number of rotatable bonds is 2. The van der Waals surface area contributed by atoms with Crippen LogP contribution in [0.5, 0.6) is 0 Å². The smallest absolute Gasteiger partial charge is 0.307 e. The summed E-state index contributed by atoms with van der Waals surface area (Å²) >= 11 is 0. The molecule has 22 heavy (non-hydrogen) atoms. The molecule has 0 fully saturated rings. The van der Waals surface area contributed by atoms with E-state index >= 15 is 0 Å². The summed E-state index contributed by atoms with van der Waals surface area (Å²) in [5.74, 6) is -0.801. The van der Waals surface area contributed by atoms with Gasteiger partial charge in [-0.05, 0) is 43.9 Å². The van der Waals surface area contributed by atoms with Gasteiger partial charge in [0.2, 0.25) is 0 Å². The Hall–Kier alpha value is -2.87. The van der Waals surface area contributed by atoms with Gasteiger partial charge in [-0.15, -0.1) is 0 Å². The molecule has 4 aromatic rings. The minimum Gasteiger partial charge on any atom is -0.481 e. The Labute approximate surface area is 127 Å². The van der Waals surface area contributed by atoms with Crippen LogP contribution >= 0.6 is 0 Å². The first-order valence-electron chi connectivity index (χ1n) is 7.27. The van der Waals surface area contributed by atoms with Gasteiger partial charge in [0.15, 0.2) is 0 Å². The molecule has 0 atom stereocenters. The van der Waals surface area contributed by atoms with Crippen molar-refractivity contribution < 1.29 is 9.90 Å². The molecule has 2 heteroatoms. The minimum atomic E-state index is -0.801. The highest BCUT2D eigenvalue weighted by atomic mass is 16.4. The van der Waals surface area contributed by atoms with Crippen LogP contribution in [0.15, 0.2) is 66.7 Å². The van der Waals surface area contributed by atoms with E-state index in [0.29, 0.717) is 0 Å². The Balaban J connectivity index is 2.08. The van der Waals surface area contributed by atoms with Gasteiger partial charge >= 0.3 is 5.97 Å². The largest absolute Gasteiger partial charge is 0.481 e. The van der Waals surface area contributed by atoms with Crippen molar-refractivity contribution in [2.45, 2.75) is 6.42 Å². The van der Waals surface area contributed by atoms with Gasteiger partial charge < -0.3 is 5.11 Å². The molecule has 0 aromatic heterocycles. The number of hydrogen-bond donors (Lipinski definition) is 1. The number of carbonyl (C=O) groups is 1. The Morgan fingerprint density at radius 3 is 2.14 bits per heavy atom. The van der Waals surface area contributed by atoms with Crippen molar-refractivity contribution in [3.8, 4) is 0 Å². The summed E-state index contributed by atoms with van der Waals surface area (Å²) in [4.78, 5) is 10.9. The number of fused-ring (bicyclic) bond motifs is 5. The SMILES string of the molecule is O=C(O)Cc1ccc2ccc3c4ccccc4ccc3c2c1. The fourth-order valence-electron chi connectivity index (χ4n) is 3.15. The van der Waals surface area contributed by atoms with Gasteiger partial charge in [0.05, 0.1) is 6.42 Å². The highest BCUT2D eigenvalue weighted by Gasteiger charge is 2.06. The normalized spacial score (nSPS) is 11.3. The summed E-state index contributed by atoms with van der Waals surface area (Å²) in [5, 5.41) is 16.1. The van der Waals surface area contributed by atoms with E-state index in [0.717, 1.165) is 16.3 Å². The molecule has 4 rings (SSSR count). The van der Waals surface area contributed by atoms with E-state index in [1.54, 1.807) is 0 Å². The number of carboxylic acid groups (broad SMARTS) is 1. The maximum Gasteiger partial charge on any atom is 0.307 e. The predicted octanol–water partition coefficient (Wildman–Crippen LogP) is 4.77. The zero-order valence-electron chi connectivity index (χ0n) is 11.9. The lowest BCUT2D eigenvalue weighted by molar-refractivity contribution is -0.136. The average molecular weight is 286 g/mol. The Bertz CT molecular complexity index is 1030. The monoisotopic (exact) mass is 286 g/mol. The van der Waals surface area contributed by atoms with Crippen LogP contribution < -0.4 is 0 Å². The second-order valence-electron chi connectivity index (χ2n) is 5.57. The summed E-state index contributed by atoms with van der Waals surface area (Å²) < 4.78 is 0. The van der Waals surface area contributed by atoms with Gasteiger partial charge in [0, 0.05) is 0 Å². The summed E-state index contributed by atoms with van der Waals surface area (Å²) in [7, 11) is 0. The van der Waals surface area contributed by atoms with E-state index in [1.807, 2.05) is 30.3 Å². The second-order valence-corrected chi connectivity index (χ2v) is 5.57. The molecule has 0 heterocycles. The van der Waals surface area contributed by atoms with Crippen molar-refractivity contribution in [2.75, 3.05) is 0 Å². The Morgan fingerprint density at radius 1 is 0.727 bits per heavy atom. The van der Waals surface area contributed by atoms with Gasteiger partial charge in [-0.2, -0.15) is 0 Å². The van der Waals surface area contributed by atoms with E-state index < -0.39 is 5.97 Å². The van der Waals surface area contributed by atoms with Crippen LogP contribution in [0.1, 0.15) is 5.56 Å². The molecule has 0 bridgehead atoms. The van der Waals surface area contributed by atoms with E-state index in [2.05, 4.69) is 36.4 Å². The summed E-state index contributed by atoms with van der Waals surface area (Å²) in [6, 6.07) is 22.7. The Morgan fingerprint density at radius 2 is 1.36 bits per heavy atom. The molecule has 0 aliphatic heterocycles. The maximum atomic E-state index is 10.9. The first-order chi connectivity index (χ1) is 10.7. The van der Waals surface area contributed by atoms with Crippen molar-refractivity contribution in [3.63, 3.8) is 0 Å². The van der Waals surface area contributed by atoms with Crippen LogP contribution in [0, 0.1) is 0 Å². The minimum absolute atomic E-state index is 0.0555. The van der Waals surface area contributed by atoms with Crippen molar-refractivity contribution >= 4 is 38.3 Å². The van der Waals surface area contributed by atoms with E-state index in [4.69, 9.17) is 5.11 Å². The fourth-order valence-corrected chi connectivity index (χ4v) is 3.15. The third-order valence-corrected chi connectivity index (χ3v) is 4.16. The molecule has 2 nitrogen and oxygen atoms in total. The van der Waals surface area contributed by atoms with Gasteiger partial charge in [-0.25, -0.2) is 0 Å². The fraction of sp³-hybridized carbons (Fsp3) is 0.0500. The van der Waals surface area contributed by atoms with Crippen molar-refractivity contribution in [2.24, 2.45) is 0 Å². The number of hydrogen-bond acceptors (Lipinski definition) is 1. The molecule has 1 N–H and O–H groups in total. The van der Waals surface area contributed by atoms with Crippen LogP contribution in [0.4, 0.5) is 0 Å². The lowest BCUT2D eigenvalue weighted by Crippen LogP contribution is -1.99. The number of aliphatic carboxylic acids is 1. The summed E-state index contributed by atoms with van der Waals surface area (Å²) in [5.41, 5.74) is 0.834. The first kappa shape index (κ1) is 12.8. The van der Waals surface area contributed by atoms with Crippen LogP contribution in [-0.2, 0) is 11.2 Å². The molecule has 0 saturated heterocycles. The van der Waals surface area contributed by atoms with Crippen molar-refractivity contribution in [1.82, 2.24) is 0 Å². The average Bonchev–Trinajstić information content (AvgIpc) is 2.53. The molecular formula is C20H14O2. The third-order valence-electron chi connectivity index (χ3n) is 4.16. The highest BCUT2D eigenvalue weighted by Crippen LogP contribution is 2.31. The molecule has 4 aromatic carbocycles. The molecule has 0 aliphatic rings. The lowest BCUT2D eigenvalue weighted by atomic mass is 9.95. The second kappa shape index (κ2) is 4.85. The first-order valence-corrected chi connectivity index (χ1v) is 7.27. The van der Waals surface area contributed by atoms with Gasteiger partial charge in [-0.3, -0.25) is 4.79 Å². The number of carboxylic acids is 1. The van der Waals surface area contributed by atoms with Gasteiger partial charge in [-0.1, -0.05) is 60.7 Å². The number of benzene rings is 4. The standard InChI is InChI=1S/C20H14O2/c21-20(22)12-13-5-6-15-8-9-17-16-4-2-1-3-14(16)7-10-18(17)19(15)11-13/h1-11H,12H2,(H,21,22). The zero-order valence-corrected chi connectivity index (χ0v) is 11.9. The quantitative estimate of drug-likeness (QED) is 0.539. The van der Waals surface area contributed by atoms with Crippen LogP contribution in [0.2, 0.25) is 0 Å². The summed E-state index contributed by atoms with van der Waals surface area (Å²) in [6.07, 6.45) is 0.0555. The molecule has 0 radical (unpaired) electrons. The highest BCUT2D eigenvalue weighted by molar-refractivity contribution is 6.17. The van der Waals surface area contributed by atoms with Crippen molar-refractivity contribution in [1.29, 1.82) is 0 Å². The molecule has 0 unspecified atom stereocenters. The van der Waals surface area contributed by atoms with Crippen LogP contribution in [0.3, 0.4) is 0 Å². The lowest BCUT2D eigenvalue weighted by Gasteiger charge is -2.08. The molecule has 0 spiro atoms. The third kappa shape index (κ3) is 2.01. The van der Waals surface area contributed by atoms with Crippen molar-refractivity contribution in [3.05, 3.63) is 72.3 Å². The van der Waals surface area contributed by atoms with Crippen LogP contribution in [-0.4, -0.2) is 11.1 Å². The van der Waals surface area contributed by atoms with Gasteiger partial charge in [0.25, 0.3) is 0 Å². The van der Waals surface area contributed by atoms with Gasteiger partial charge in [0.1, 0.15) is 0 Å².